The van der Waals surface area contributed by atoms with E-state index in [4.69, 9.17) is 0 Å². The molecule has 0 spiro atoms. The second-order valence-electron chi connectivity index (χ2n) is 8.73. The first kappa shape index (κ1) is 19.2. The Morgan fingerprint density at radius 1 is 1.07 bits per heavy atom. The van der Waals surface area contributed by atoms with Crippen LogP contribution >= 0.6 is 0 Å². The van der Waals surface area contributed by atoms with Crippen molar-refractivity contribution in [3.63, 3.8) is 0 Å². The molecule has 30 heavy (non-hydrogen) atoms. The third-order valence-electron chi connectivity index (χ3n) is 6.63. The first-order chi connectivity index (χ1) is 14.4. The molecular formula is C24H23F3N2O. The highest BCUT2D eigenvalue weighted by Gasteiger charge is 2.38. The van der Waals surface area contributed by atoms with Crippen molar-refractivity contribution in [3.05, 3.63) is 59.4 Å². The third kappa shape index (κ3) is 3.38. The molecule has 2 fully saturated rings. The normalized spacial score (nSPS) is 22.0. The van der Waals surface area contributed by atoms with Gasteiger partial charge in [-0.2, -0.15) is 0 Å². The molecule has 156 valence electrons. The lowest BCUT2D eigenvalue weighted by atomic mass is 9.74. The average molecular weight is 412 g/mol. The van der Waals surface area contributed by atoms with Crippen molar-refractivity contribution in [3.8, 4) is 11.3 Å². The molecule has 2 N–H and O–H groups in total. The average Bonchev–Trinajstić information content (AvgIpc) is 3.46. The Kier molecular flexibility index (Phi) is 4.60. The monoisotopic (exact) mass is 412 g/mol. The van der Waals surface area contributed by atoms with E-state index in [0.717, 1.165) is 30.0 Å². The summed E-state index contributed by atoms with van der Waals surface area (Å²) in [6, 6.07) is 8.24. The topological polar surface area (TPSA) is 44.9 Å². The molecule has 1 atom stereocenters. The van der Waals surface area contributed by atoms with Crippen LogP contribution in [0.25, 0.3) is 22.2 Å². The van der Waals surface area contributed by atoms with Gasteiger partial charge in [-0.25, -0.2) is 13.2 Å². The van der Waals surface area contributed by atoms with Gasteiger partial charge < -0.3 is 10.3 Å². The van der Waals surface area contributed by atoms with Gasteiger partial charge in [0.1, 0.15) is 17.5 Å². The van der Waals surface area contributed by atoms with E-state index < -0.39 is 11.6 Å². The van der Waals surface area contributed by atoms with Crippen molar-refractivity contribution in [2.45, 2.75) is 44.6 Å². The molecule has 2 saturated carbocycles. The van der Waals surface area contributed by atoms with Crippen LogP contribution in [-0.4, -0.2) is 16.9 Å². The Balaban J connectivity index is 1.45. The Bertz CT molecular complexity index is 1110. The maximum atomic E-state index is 14.4. The SMILES string of the molecule is CC(C(=O)N[C@H]1C[C@H](c2c(-c3ccc(F)cc3)[nH]c3c(F)cc(F)cc32)C1)C1CC1. The standard InChI is InChI=1S/C24H23F3N2O/c1-12(13-2-3-13)24(30)28-18-8-15(9-18)21-19-10-17(26)11-20(27)23(19)29-22(21)14-4-6-16(25)7-5-14/h4-7,10-13,15,18,29H,2-3,8-9H2,1H3,(H,28,30)/t12?,15-,18-. The summed E-state index contributed by atoms with van der Waals surface area (Å²) in [5, 5.41) is 3.63. The second-order valence-corrected chi connectivity index (χ2v) is 8.73. The maximum Gasteiger partial charge on any atom is 0.223 e. The Morgan fingerprint density at radius 2 is 1.77 bits per heavy atom. The number of nitrogens with one attached hydrogen (secondary N) is 2. The number of aromatic nitrogens is 1. The van der Waals surface area contributed by atoms with Crippen LogP contribution in [0.15, 0.2) is 36.4 Å². The minimum Gasteiger partial charge on any atom is -0.353 e. The molecule has 6 heteroatoms. The highest BCUT2D eigenvalue weighted by atomic mass is 19.1. The zero-order chi connectivity index (χ0) is 21.0. The third-order valence-corrected chi connectivity index (χ3v) is 6.63. The number of fused-ring (bicyclic) bond motifs is 1. The van der Waals surface area contributed by atoms with Crippen LogP contribution < -0.4 is 5.32 Å². The molecule has 0 bridgehead atoms. The van der Waals surface area contributed by atoms with Gasteiger partial charge in [0.2, 0.25) is 5.91 Å². The van der Waals surface area contributed by atoms with Gasteiger partial charge in [0.25, 0.3) is 0 Å². The highest BCUT2D eigenvalue weighted by Crippen LogP contribution is 2.46. The number of halogens is 3. The number of H-pyrrole nitrogens is 1. The quantitative estimate of drug-likeness (QED) is 0.558. The van der Waals surface area contributed by atoms with Crippen molar-refractivity contribution in [1.82, 2.24) is 10.3 Å². The number of carbonyl (C=O) groups is 1. The molecule has 1 heterocycles. The van der Waals surface area contributed by atoms with Gasteiger partial charge in [0, 0.05) is 23.4 Å². The van der Waals surface area contributed by atoms with E-state index in [1.165, 1.54) is 18.2 Å². The first-order valence-electron chi connectivity index (χ1n) is 10.5. The summed E-state index contributed by atoms with van der Waals surface area (Å²) in [6.45, 7) is 1.97. The van der Waals surface area contributed by atoms with Gasteiger partial charge in [0.05, 0.1) is 11.2 Å². The summed E-state index contributed by atoms with van der Waals surface area (Å²) in [4.78, 5) is 15.5. The Morgan fingerprint density at radius 3 is 2.43 bits per heavy atom. The van der Waals surface area contributed by atoms with Crippen LogP contribution in [0.2, 0.25) is 0 Å². The van der Waals surface area contributed by atoms with Crippen LogP contribution in [0.3, 0.4) is 0 Å². The molecule has 3 nitrogen and oxygen atoms in total. The second kappa shape index (κ2) is 7.18. The number of hydrogen-bond donors (Lipinski definition) is 2. The molecule has 2 aromatic carbocycles. The van der Waals surface area contributed by atoms with Crippen LogP contribution in [-0.2, 0) is 4.79 Å². The summed E-state index contributed by atoms with van der Waals surface area (Å²) in [5.41, 5.74) is 2.48. The van der Waals surface area contributed by atoms with Crippen LogP contribution in [0, 0.1) is 29.3 Å². The number of hydrogen-bond acceptors (Lipinski definition) is 1. The Labute approximate surface area is 172 Å². The maximum absolute atomic E-state index is 14.4. The fourth-order valence-electron chi connectivity index (χ4n) is 4.62. The number of aromatic amines is 1. The van der Waals surface area contributed by atoms with E-state index in [1.807, 2.05) is 6.92 Å². The predicted molar refractivity (Wildman–Crippen MR) is 109 cm³/mol. The summed E-state index contributed by atoms with van der Waals surface area (Å²) in [7, 11) is 0. The zero-order valence-electron chi connectivity index (χ0n) is 16.6. The van der Waals surface area contributed by atoms with Gasteiger partial charge in [-0.05, 0) is 79.0 Å². The van der Waals surface area contributed by atoms with Crippen molar-refractivity contribution < 1.29 is 18.0 Å². The highest BCUT2D eigenvalue weighted by molar-refractivity contribution is 5.92. The largest absolute Gasteiger partial charge is 0.353 e. The van der Waals surface area contributed by atoms with Crippen molar-refractivity contribution in [2.24, 2.45) is 11.8 Å². The molecule has 3 aromatic rings. The van der Waals surface area contributed by atoms with E-state index in [1.54, 1.807) is 12.1 Å². The number of carbonyl (C=O) groups excluding carboxylic acids is 1. The fourth-order valence-corrected chi connectivity index (χ4v) is 4.62. The summed E-state index contributed by atoms with van der Waals surface area (Å²) in [5.74, 6) is -0.946. The van der Waals surface area contributed by atoms with Crippen LogP contribution in [0.4, 0.5) is 13.2 Å². The fraction of sp³-hybridized carbons (Fsp3) is 0.375. The zero-order valence-corrected chi connectivity index (χ0v) is 16.6. The molecule has 1 aromatic heterocycles. The predicted octanol–water partition coefficient (Wildman–Crippen LogP) is 5.66. The van der Waals surface area contributed by atoms with Gasteiger partial charge in [0.15, 0.2) is 0 Å². The molecular weight excluding hydrogens is 389 g/mol. The van der Waals surface area contributed by atoms with Gasteiger partial charge >= 0.3 is 0 Å². The molecule has 0 aliphatic heterocycles. The van der Waals surface area contributed by atoms with E-state index in [9.17, 15) is 18.0 Å². The lowest BCUT2D eigenvalue weighted by Gasteiger charge is -2.37. The van der Waals surface area contributed by atoms with Crippen molar-refractivity contribution in [1.29, 1.82) is 0 Å². The molecule has 2 aliphatic rings. The van der Waals surface area contributed by atoms with Crippen LogP contribution in [0.1, 0.15) is 44.1 Å². The molecule has 2 aliphatic carbocycles. The molecule has 0 saturated heterocycles. The van der Waals surface area contributed by atoms with Crippen molar-refractivity contribution >= 4 is 16.8 Å². The van der Waals surface area contributed by atoms with E-state index in [-0.39, 0.29) is 35.1 Å². The summed E-state index contributed by atoms with van der Waals surface area (Å²) < 4.78 is 41.8. The molecule has 1 amide bonds. The lowest BCUT2D eigenvalue weighted by Crippen LogP contribution is -2.45. The molecule has 5 rings (SSSR count). The van der Waals surface area contributed by atoms with Crippen LogP contribution in [0.5, 0.6) is 0 Å². The van der Waals surface area contributed by atoms with Crippen molar-refractivity contribution in [2.75, 3.05) is 0 Å². The van der Waals surface area contributed by atoms with E-state index in [0.29, 0.717) is 29.8 Å². The summed E-state index contributed by atoms with van der Waals surface area (Å²) in [6.07, 6.45) is 3.66. The lowest BCUT2D eigenvalue weighted by molar-refractivity contribution is -0.126. The summed E-state index contributed by atoms with van der Waals surface area (Å²) >= 11 is 0. The first-order valence-corrected chi connectivity index (χ1v) is 10.5. The number of benzene rings is 2. The smallest absolute Gasteiger partial charge is 0.223 e. The van der Waals surface area contributed by atoms with Gasteiger partial charge in [-0.15, -0.1) is 0 Å². The Hall–Kier alpha value is -2.76. The minimum atomic E-state index is -0.651. The van der Waals surface area contributed by atoms with Gasteiger partial charge in [-0.1, -0.05) is 6.92 Å². The number of amides is 1. The minimum absolute atomic E-state index is 0.0371. The molecule has 1 unspecified atom stereocenters. The molecule has 0 radical (unpaired) electrons. The van der Waals surface area contributed by atoms with E-state index >= 15 is 0 Å². The van der Waals surface area contributed by atoms with E-state index in [2.05, 4.69) is 10.3 Å². The van der Waals surface area contributed by atoms with Gasteiger partial charge in [-0.3, -0.25) is 4.79 Å². The number of rotatable bonds is 5.